The molecule has 5 nitrogen and oxygen atoms in total. The number of aromatic nitrogens is 5. The summed E-state index contributed by atoms with van der Waals surface area (Å²) in [5, 5.41) is 0. The summed E-state index contributed by atoms with van der Waals surface area (Å²) in [7, 11) is 0. The van der Waals surface area contributed by atoms with Gasteiger partial charge in [-0.05, 0) is 41.9 Å². The molecule has 0 fully saturated rings. The molecule has 0 saturated carbocycles. The maximum absolute atomic E-state index is 13.3. The monoisotopic (exact) mass is 363 g/mol. The Labute approximate surface area is 136 Å². The summed E-state index contributed by atoms with van der Waals surface area (Å²) in [6, 6.07) is 4.70. The lowest BCUT2D eigenvalue weighted by molar-refractivity contribution is 0.583. The zero-order valence-corrected chi connectivity index (χ0v) is 13.9. The third-order valence-corrected chi connectivity index (χ3v) is 4.43. The summed E-state index contributed by atoms with van der Waals surface area (Å²) in [5.74, 6) is 1.03. The van der Waals surface area contributed by atoms with Gasteiger partial charge in [-0.3, -0.25) is 0 Å². The number of hydrogen-bond donors (Lipinski definition) is 0. The van der Waals surface area contributed by atoms with Gasteiger partial charge in [-0.15, -0.1) is 0 Å². The van der Waals surface area contributed by atoms with Gasteiger partial charge in [-0.2, -0.15) is 4.39 Å². The predicted molar refractivity (Wildman–Crippen MR) is 84.9 cm³/mol. The fourth-order valence-corrected chi connectivity index (χ4v) is 2.95. The van der Waals surface area contributed by atoms with E-state index in [1.54, 1.807) is 18.3 Å². The van der Waals surface area contributed by atoms with Gasteiger partial charge < -0.3 is 9.13 Å². The van der Waals surface area contributed by atoms with Gasteiger partial charge in [0.05, 0.1) is 12.2 Å². The molecule has 3 rings (SSSR count). The Morgan fingerprint density at radius 1 is 1.27 bits per heavy atom. The van der Waals surface area contributed by atoms with E-state index in [1.807, 2.05) is 17.7 Å². The molecule has 0 aliphatic carbocycles. The van der Waals surface area contributed by atoms with Crippen molar-refractivity contribution in [3.05, 3.63) is 52.7 Å². The largest absolute Gasteiger partial charge is 0.322 e. The molecule has 0 bridgehead atoms. The van der Waals surface area contributed by atoms with Gasteiger partial charge in [0.15, 0.2) is 5.82 Å². The van der Waals surface area contributed by atoms with E-state index in [9.17, 15) is 4.39 Å². The zero-order valence-electron chi connectivity index (χ0n) is 12.3. The van der Waals surface area contributed by atoms with Crippen LogP contribution in [-0.4, -0.2) is 24.1 Å². The molecule has 114 valence electrons. The molecule has 0 saturated heterocycles. The Bertz CT molecular complexity index is 808. The minimum atomic E-state index is -0.513. The first kappa shape index (κ1) is 14.9. The van der Waals surface area contributed by atoms with Crippen molar-refractivity contribution in [1.29, 1.82) is 0 Å². The van der Waals surface area contributed by atoms with E-state index in [0.29, 0.717) is 18.1 Å². The van der Waals surface area contributed by atoms with Crippen LogP contribution in [0.25, 0.3) is 11.5 Å². The Morgan fingerprint density at radius 3 is 2.82 bits per heavy atom. The highest BCUT2D eigenvalue weighted by Gasteiger charge is 2.14. The molecule has 0 aliphatic heterocycles. The average molecular weight is 364 g/mol. The van der Waals surface area contributed by atoms with Crippen LogP contribution in [-0.2, 0) is 13.1 Å². The standard InChI is InChI=1S/C15H15BrFN5/c1-3-22-13(19-10(2)14(22)16)9-21-8-7-18-15(21)11-5-4-6-12(17)20-11/h4-8H,3,9H2,1-2H3. The van der Waals surface area contributed by atoms with Crippen molar-refractivity contribution >= 4 is 15.9 Å². The highest BCUT2D eigenvalue weighted by Crippen LogP contribution is 2.21. The van der Waals surface area contributed by atoms with Crippen molar-refractivity contribution in [3.8, 4) is 11.5 Å². The molecule has 0 N–H and O–H groups in total. The van der Waals surface area contributed by atoms with Crippen LogP contribution >= 0.6 is 15.9 Å². The molecule has 7 heteroatoms. The van der Waals surface area contributed by atoms with E-state index in [2.05, 4.69) is 42.4 Å². The van der Waals surface area contributed by atoms with Crippen LogP contribution in [0.5, 0.6) is 0 Å². The first-order valence-electron chi connectivity index (χ1n) is 6.95. The Balaban J connectivity index is 1.98. The van der Waals surface area contributed by atoms with Crippen molar-refractivity contribution in [2.24, 2.45) is 0 Å². The molecule has 3 aromatic rings. The van der Waals surface area contributed by atoms with E-state index in [1.165, 1.54) is 6.07 Å². The zero-order chi connectivity index (χ0) is 15.7. The summed E-state index contributed by atoms with van der Waals surface area (Å²) in [5.41, 5.74) is 1.46. The maximum atomic E-state index is 13.3. The highest BCUT2D eigenvalue weighted by molar-refractivity contribution is 9.10. The SMILES string of the molecule is CCn1c(Cn2ccnc2-c2cccc(F)n2)nc(C)c1Br. The van der Waals surface area contributed by atoms with Gasteiger partial charge in [-0.25, -0.2) is 15.0 Å². The number of rotatable bonds is 4. The number of hydrogen-bond acceptors (Lipinski definition) is 3. The molecule has 0 aromatic carbocycles. The van der Waals surface area contributed by atoms with E-state index >= 15 is 0 Å². The van der Waals surface area contributed by atoms with Gasteiger partial charge in [0.1, 0.15) is 16.1 Å². The molecule has 0 radical (unpaired) electrons. The number of nitrogens with zero attached hydrogens (tertiary/aromatic N) is 5. The second-order valence-electron chi connectivity index (χ2n) is 4.87. The summed E-state index contributed by atoms with van der Waals surface area (Å²) in [6.45, 7) is 5.40. The van der Waals surface area contributed by atoms with Crippen LogP contribution < -0.4 is 0 Å². The number of aryl methyl sites for hydroxylation is 1. The molecule has 0 aliphatic rings. The maximum Gasteiger partial charge on any atom is 0.213 e. The lowest BCUT2D eigenvalue weighted by Gasteiger charge is -2.09. The van der Waals surface area contributed by atoms with E-state index in [-0.39, 0.29) is 0 Å². The second kappa shape index (κ2) is 6.00. The van der Waals surface area contributed by atoms with E-state index in [4.69, 9.17) is 0 Å². The third-order valence-electron chi connectivity index (χ3n) is 3.43. The lowest BCUT2D eigenvalue weighted by Crippen LogP contribution is -2.09. The minimum absolute atomic E-state index is 0.510. The number of imidazole rings is 2. The predicted octanol–water partition coefficient (Wildman–Crippen LogP) is 3.42. The average Bonchev–Trinajstić information content (AvgIpc) is 3.05. The van der Waals surface area contributed by atoms with Gasteiger partial charge in [0.2, 0.25) is 5.95 Å². The smallest absolute Gasteiger partial charge is 0.213 e. The van der Waals surface area contributed by atoms with Crippen LogP contribution in [0.4, 0.5) is 4.39 Å². The Kier molecular flexibility index (Phi) is 4.06. The Morgan fingerprint density at radius 2 is 2.09 bits per heavy atom. The fourth-order valence-electron chi connectivity index (χ4n) is 2.41. The fraction of sp³-hybridized carbons (Fsp3) is 0.267. The van der Waals surface area contributed by atoms with Crippen molar-refractivity contribution in [1.82, 2.24) is 24.1 Å². The van der Waals surface area contributed by atoms with Crippen LogP contribution in [0, 0.1) is 12.9 Å². The first-order chi connectivity index (χ1) is 10.6. The van der Waals surface area contributed by atoms with Crippen LogP contribution in [0.1, 0.15) is 18.4 Å². The van der Waals surface area contributed by atoms with Crippen molar-refractivity contribution in [2.45, 2.75) is 26.9 Å². The second-order valence-corrected chi connectivity index (χ2v) is 5.62. The summed E-state index contributed by atoms with van der Waals surface area (Å²) in [4.78, 5) is 12.8. The normalized spacial score (nSPS) is 11.1. The molecule has 0 amide bonds. The van der Waals surface area contributed by atoms with Crippen molar-refractivity contribution in [3.63, 3.8) is 0 Å². The molecule has 22 heavy (non-hydrogen) atoms. The van der Waals surface area contributed by atoms with Crippen molar-refractivity contribution in [2.75, 3.05) is 0 Å². The quantitative estimate of drug-likeness (QED) is 0.667. The highest BCUT2D eigenvalue weighted by atomic mass is 79.9. The topological polar surface area (TPSA) is 48.5 Å². The van der Waals surface area contributed by atoms with E-state index in [0.717, 1.165) is 22.7 Å². The van der Waals surface area contributed by atoms with Gasteiger partial charge in [-0.1, -0.05) is 6.07 Å². The molecule has 3 heterocycles. The summed E-state index contributed by atoms with van der Waals surface area (Å²) >= 11 is 3.55. The number of pyridine rings is 1. The third kappa shape index (κ3) is 2.68. The van der Waals surface area contributed by atoms with Gasteiger partial charge in [0, 0.05) is 18.9 Å². The van der Waals surface area contributed by atoms with E-state index < -0.39 is 5.95 Å². The minimum Gasteiger partial charge on any atom is -0.322 e. The lowest BCUT2D eigenvalue weighted by atomic mass is 10.3. The summed E-state index contributed by atoms with van der Waals surface area (Å²) < 4.78 is 18.3. The summed E-state index contributed by atoms with van der Waals surface area (Å²) in [6.07, 6.45) is 3.53. The molecule has 0 spiro atoms. The molecule has 0 atom stereocenters. The van der Waals surface area contributed by atoms with Crippen LogP contribution in [0.15, 0.2) is 35.2 Å². The molecule has 0 unspecified atom stereocenters. The molecular formula is C15H15BrFN5. The van der Waals surface area contributed by atoms with Crippen LogP contribution in [0.3, 0.4) is 0 Å². The first-order valence-corrected chi connectivity index (χ1v) is 7.75. The van der Waals surface area contributed by atoms with Gasteiger partial charge >= 0.3 is 0 Å². The Hall–Kier alpha value is -2.02. The van der Waals surface area contributed by atoms with Gasteiger partial charge in [0.25, 0.3) is 0 Å². The van der Waals surface area contributed by atoms with Crippen molar-refractivity contribution < 1.29 is 4.39 Å². The number of halogens is 2. The molecule has 3 aromatic heterocycles. The molecular weight excluding hydrogens is 349 g/mol. The van der Waals surface area contributed by atoms with Crippen LogP contribution in [0.2, 0.25) is 0 Å².